The van der Waals surface area contributed by atoms with Crippen molar-refractivity contribution in [2.24, 2.45) is 7.05 Å². The summed E-state index contributed by atoms with van der Waals surface area (Å²) in [6.07, 6.45) is 14.1. The lowest BCUT2D eigenvalue weighted by atomic mass is 9.92. The highest BCUT2D eigenvalue weighted by atomic mass is 127. The van der Waals surface area contributed by atoms with E-state index in [9.17, 15) is 24.6 Å². The van der Waals surface area contributed by atoms with Crippen molar-refractivity contribution >= 4 is 65.9 Å². The molecule has 10 rings (SSSR count). The number of pyridine rings is 2. The van der Waals surface area contributed by atoms with E-state index >= 15 is 0 Å². The first-order valence-corrected chi connectivity index (χ1v) is 24.1. The molecule has 4 aromatic heterocycles. The van der Waals surface area contributed by atoms with Gasteiger partial charge in [-0.1, -0.05) is 109 Å². The zero-order valence-corrected chi connectivity index (χ0v) is 38.5. The predicted octanol–water partition coefficient (Wildman–Crippen LogP) is 8.39. The number of aromatic nitrogens is 6. The molecule has 0 amide bonds. The first-order valence-electron chi connectivity index (χ1n) is 21.9. The van der Waals surface area contributed by atoms with E-state index < -0.39 is 12.2 Å². The van der Waals surface area contributed by atoms with E-state index in [2.05, 4.69) is 43.6 Å². The van der Waals surface area contributed by atoms with Crippen LogP contribution in [0.5, 0.6) is 5.88 Å². The van der Waals surface area contributed by atoms with Crippen LogP contribution in [0, 0.1) is 0 Å². The summed E-state index contributed by atoms with van der Waals surface area (Å²) >= 11 is 2.15. The highest BCUT2D eigenvalue weighted by molar-refractivity contribution is 14.1. The van der Waals surface area contributed by atoms with Gasteiger partial charge in [-0.15, -0.1) is 0 Å². The van der Waals surface area contributed by atoms with Gasteiger partial charge >= 0.3 is 0 Å². The van der Waals surface area contributed by atoms with Gasteiger partial charge in [-0.05, 0) is 88.6 Å². The number of aryl methyl sites for hydroxylation is 1. The van der Waals surface area contributed by atoms with E-state index in [4.69, 9.17) is 4.74 Å². The molecule has 0 saturated heterocycles. The molecular weight excluding hydrogens is 920 g/mol. The second-order valence-corrected chi connectivity index (χ2v) is 16.8. The Bertz CT molecular complexity index is 3130. The number of fused-ring (bicyclic) bond motifs is 6. The first-order chi connectivity index (χ1) is 31.2. The minimum Gasteiger partial charge on any atom is -0.481 e. The van der Waals surface area contributed by atoms with Gasteiger partial charge in [0, 0.05) is 42.3 Å². The molecular formula is C51H53IN6O6. The summed E-state index contributed by atoms with van der Waals surface area (Å²) in [5.41, 5.74) is 5.25. The van der Waals surface area contributed by atoms with Crippen molar-refractivity contribution in [1.29, 1.82) is 0 Å². The van der Waals surface area contributed by atoms with E-state index in [-0.39, 0.29) is 28.8 Å². The van der Waals surface area contributed by atoms with Crippen molar-refractivity contribution in [2.45, 2.75) is 88.5 Å². The van der Waals surface area contributed by atoms with Crippen LogP contribution in [0.2, 0.25) is 0 Å². The van der Waals surface area contributed by atoms with Gasteiger partial charge in [-0.3, -0.25) is 23.5 Å². The average Bonchev–Trinajstić information content (AvgIpc) is 3.33. The van der Waals surface area contributed by atoms with Crippen molar-refractivity contribution in [3.05, 3.63) is 163 Å². The summed E-state index contributed by atoms with van der Waals surface area (Å²) in [6.45, 7) is 0. The van der Waals surface area contributed by atoms with Crippen molar-refractivity contribution in [3.63, 3.8) is 0 Å². The maximum absolute atomic E-state index is 13.5. The Hall–Kier alpha value is -5.77. The number of hydrogen-bond acceptors (Lipinski definition) is 9. The summed E-state index contributed by atoms with van der Waals surface area (Å²) in [6, 6.07) is 26.7. The fourth-order valence-electron chi connectivity index (χ4n) is 9.53. The minimum atomic E-state index is -0.517. The third-order valence-corrected chi connectivity index (χ3v) is 12.8. The Morgan fingerprint density at radius 3 is 1.53 bits per heavy atom. The quantitative estimate of drug-likeness (QED) is 0.0911. The van der Waals surface area contributed by atoms with E-state index in [1.165, 1.54) is 0 Å². The van der Waals surface area contributed by atoms with Gasteiger partial charge in [-0.25, -0.2) is 15.0 Å². The Balaban J connectivity index is 0.000000169. The number of aliphatic hydroxyl groups excluding tert-OH is 2. The lowest BCUT2D eigenvalue weighted by Gasteiger charge is -2.29. The molecule has 13 heteroatoms. The molecule has 8 aromatic rings. The number of aliphatic hydroxyl groups is 2. The zero-order chi connectivity index (χ0) is 44.9. The Morgan fingerprint density at radius 2 is 1.08 bits per heavy atom. The summed E-state index contributed by atoms with van der Waals surface area (Å²) in [4.78, 5) is 54.3. The van der Waals surface area contributed by atoms with Crippen LogP contribution in [0.15, 0.2) is 124 Å². The monoisotopic (exact) mass is 972 g/mol. The smallest absolute Gasteiger partial charge is 0.261 e. The normalized spacial score (nSPS) is 18.6. The molecule has 330 valence electrons. The number of halogens is 1. The van der Waals surface area contributed by atoms with Crippen LogP contribution >= 0.6 is 22.6 Å². The third-order valence-electron chi connectivity index (χ3n) is 12.8. The lowest BCUT2D eigenvalue weighted by molar-refractivity contribution is 0.0733. The SMILES string of the molecule is CI.COc1ccc(Cc2cc3c(=O)n([C@H]4CCCC[C@@H]4O)cnc3c3ccccc23)cn1.Cn1cc(Cc2cc3c(=O)n([C@H]4CCCC[C@@H]4O)cnc3c3ccccc23)ccc1=O. The Labute approximate surface area is 384 Å². The maximum Gasteiger partial charge on any atom is 0.261 e. The van der Waals surface area contributed by atoms with Gasteiger partial charge in [0.25, 0.3) is 11.1 Å². The molecule has 0 bridgehead atoms. The number of methoxy groups -OCH3 is 1. The molecule has 0 unspecified atom stereocenters. The van der Waals surface area contributed by atoms with Crippen molar-refractivity contribution in [3.8, 4) is 5.88 Å². The van der Waals surface area contributed by atoms with Crippen molar-refractivity contribution in [1.82, 2.24) is 28.7 Å². The van der Waals surface area contributed by atoms with Gasteiger partial charge in [0.1, 0.15) is 0 Å². The first kappa shape index (κ1) is 44.8. The molecule has 4 atom stereocenters. The number of hydrogen-bond donors (Lipinski definition) is 2. The van der Waals surface area contributed by atoms with Gasteiger partial charge in [-0.2, -0.15) is 0 Å². The average molecular weight is 973 g/mol. The molecule has 64 heavy (non-hydrogen) atoms. The highest BCUT2D eigenvalue weighted by Gasteiger charge is 2.28. The maximum atomic E-state index is 13.5. The van der Waals surface area contributed by atoms with Crippen LogP contribution in [0.4, 0.5) is 0 Å². The summed E-state index contributed by atoms with van der Waals surface area (Å²) < 4.78 is 9.99. The fraction of sp³-hybridized carbons (Fsp3) is 0.333. The molecule has 2 aliphatic carbocycles. The Morgan fingerprint density at radius 1 is 0.609 bits per heavy atom. The highest BCUT2D eigenvalue weighted by Crippen LogP contribution is 2.33. The Kier molecular flexibility index (Phi) is 14.0. The third kappa shape index (κ3) is 9.11. The number of nitrogens with zero attached hydrogens (tertiary/aromatic N) is 6. The molecule has 2 fully saturated rings. The van der Waals surface area contributed by atoms with Gasteiger partial charge in [0.15, 0.2) is 0 Å². The van der Waals surface area contributed by atoms with Crippen LogP contribution in [-0.4, -0.2) is 63.1 Å². The second kappa shape index (κ2) is 20.0. The van der Waals surface area contributed by atoms with Crippen molar-refractivity contribution < 1.29 is 14.9 Å². The van der Waals surface area contributed by atoms with E-state index in [0.29, 0.717) is 46.9 Å². The molecule has 2 aliphatic rings. The number of ether oxygens (including phenoxy) is 1. The van der Waals surface area contributed by atoms with Gasteiger partial charge < -0.3 is 19.5 Å². The molecule has 4 heterocycles. The lowest BCUT2D eigenvalue weighted by Crippen LogP contribution is -2.34. The van der Waals surface area contributed by atoms with Crippen LogP contribution < -0.4 is 21.4 Å². The molecule has 2 saturated carbocycles. The van der Waals surface area contributed by atoms with Crippen LogP contribution in [0.1, 0.15) is 85.7 Å². The largest absolute Gasteiger partial charge is 0.481 e. The van der Waals surface area contributed by atoms with Crippen molar-refractivity contribution in [2.75, 3.05) is 12.0 Å². The van der Waals surface area contributed by atoms with E-state index in [1.54, 1.807) is 52.8 Å². The molecule has 2 N–H and O–H groups in total. The molecule has 0 spiro atoms. The topological polar surface area (TPSA) is 154 Å². The fourth-order valence-corrected chi connectivity index (χ4v) is 9.53. The van der Waals surface area contributed by atoms with E-state index in [1.807, 2.05) is 83.9 Å². The predicted molar refractivity (Wildman–Crippen MR) is 262 cm³/mol. The second-order valence-electron chi connectivity index (χ2n) is 16.8. The number of rotatable bonds is 7. The van der Waals surface area contributed by atoms with Crippen LogP contribution in [0.3, 0.4) is 0 Å². The molecule has 0 radical (unpaired) electrons. The van der Waals surface area contributed by atoms with Gasteiger partial charge in [0.2, 0.25) is 11.4 Å². The van der Waals surface area contributed by atoms with Crippen LogP contribution in [-0.2, 0) is 19.9 Å². The summed E-state index contributed by atoms with van der Waals surface area (Å²) in [5.74, 6) is 0.574. The van der Waals surface area contributed by atoms with E-state index in [0.717, 1.165) is 88.7 Å². The summed E-state index contributed by atoms with van der Waals surface area (Å²) in [7, 11) is 3.34. The van der Waals surface area contributed by atoms with Gasteiger partial charge in [0.05, 0.1) is 65.9 Å². The van der Waals surface area contributed by atoms with Crippen LogP contribution in [0.25, 0.3) is 43.4 Å². The number of benzene rings is 4. The summed E-state index contributed by atoms with van der Waals surface area (Å²) in [5, 5.41) is 26.1. The number of alkyl halides is 1. The zero-order valence-electron chi connectivity index (χ0n) is 36.4. The molecule has 0 aliphatic heterocycles. The molecule has 12 nitrogen and oxygen atoms in total. The molecule has 4 aromatic carbocycles. The minimum absolute atomic E-state index is 0.0507. The standard InChI is InChI=1S/2C25H25N3O3.CH3I/c1-27-14-16(10-11-23(27)30)12-17-13-20-24(19-7-3-2-6-18(17)19)26-15-28(25(20)31)21-8-4-5-9-22(21)29;1-31-23-11-10-16(14-26-23)12-17-13-20-24(19-7-3-2-6-18(17)19)27-15-28(25(20)30)21-8-4-5-9-22(21)29;1-2/h2*2-3,6-7,10-11,13-15,21-22,29H,4-5,8-9,12H2,1H3;1H3/t2*21-,22-;/m00./s1.